The molecule has 280 valence electrons. The van der Waals surface area contributed by atoms with Crippen LogP contribution in [0.4, 0.5) is 16.6 Å². The fraction of sp³-hybridized carbons (Fsp3) is 0.458. The number of hydrogen-bond donors (Lipinski definition) is 9. The van der Waals surface area contributed by atoms with E-state index in [-0.39, 0.29) is 53.5 Å². The van der Waals surface area contributed by atoms with Crippen molar-refractivity contribution in [3.05, 3.63) is 23.3 Å². The van der Waals surface area contributed by atoms with Crippen molar-refractivity contribution in [2.45, 2.75) is 37.4 Å². The SMILES string of the molecule is Cn1c(N)c(NC(=O)C(CN)CN)c[n+]1CC1=C(C(=O)O)N2C(=O)[C@@H](NC(=O)/C(=N\OC(C)(C)C(=O)O)c3nsc(N)n3)[C@H]2SC1.O=S(=O)([O-])O. The molecule has 51 heavy (non-hydrogen) atoms. The zero-order valence-electron chi connectivity index (χ0n) is 26.9. The summed E-state index contributed by atoms with van der Waals surface area (Å²) < 4.78 is 39.8. The number of hydrogen-bond acceptors (Lipinski definition) is 18. The van der Waals surface area contributed by atoms with Gasteiger partial charge in [0.1, 0.15) is 17.1 Å². The molecule has 2 aliphatic rings. The first-order chi connectivity index (χ1) is 23.6. The molecule has 2 atom stereocenters. The Hall–Kier alpha value is -4.93. The number of thioether (sulfide) groups is 1. The van der Waals surface area contributed by atoms with Crippen LogP contribution in [0.5, 0.6) is 0 Å². The molecular formula is C24H34N12O12S3. The van der Waals surface area contributed by atoms with E-state index in [9.17, 15) is 34.2 Å². The minimum atomic E-state index is -4.92. The normalized spacial score (nSPS) is 17.6. The third-order valence-electron chi connectivity index (χ3n) is 7.12. The molecule has 2 aliphatic heterocycles. The van der Waals surface area contributed by atoms with Crippen LogP contribution in [0.1, 0.15) is 19.7 Å². The van der Waals surface area contributed by atoms with Crippen LogP contribution in [0.2, 0.25) is 0 Å². The van der Waals surface area contributed by atoms with Gasteiger partial charge in [-0.1, -0.05) is 5.16 Å². The van der Waals surface area contributed by atoms with Gasteiger partial charge in [-0.3, -0.25) is 23.8 Å². The van der Waals surface area contributed by atoms with Crippen molar-refractivity contribution in [3.8, 4) is 0 Å². The lowest BCUT2D eigenvalue weighted by Crippen LogP contribution is -2.71. The molecule has 0 aromatic carbocycles. The molecule has 0 unspecified atom stereocenters. The van der Waals surface area contributed by atoms with Crippen LogP contribution in [0.3, 0.4) is 0 Å². The second kappa shape index (κ2) is 16.0. The Balaban J connectivity index is 0.00000131. The van der Waals surface area contributed by atoms with Crippen molar-refractivity contribution in [2.75, 3.05) is 35.6 Å². The van der Waals surface area contributed by atoms with Crippen LogP contribution in [0, 0.1) is 5.92 Å². The third-order valence-corrected chi connectivity index (χ3v) is 9.01. The average Bonchev–Trinajstić information content (AvgIpc) is 3.57. The Labute approximate surface area is 296 Å². The first-order valence-electron chi connectivity index (χ1n) is 14.1. The maximum absolute atomic E-state index is 13.3. The number of amides is 3. The van der Waals surface area contributed by atoms with Crippen molar-refractivity contribution >= 4 is 85.7 Å². The highest BCUT2D eigenvalue weighted by Crippen LogP contribution is 2.40. The number of carbonyl (C=O) groups is 5. The van der Waals surface area contributed by atoms with E-state index in [0.717, 1.165) is 16.4 Å². The number of β-lactam (4-membered cyclic amide) rings is 1. The molecule has 13 N–H and O–H groups in total. The Morgan fingerprint density at radius 1 is 1.24 bits per heavy atom. The van der Waals surface area contributed by atoms with Gasteiger partial charge in [0.25, 0.3) is 11.8 Å². The zero-order chi connectivity index (χ0) is 38.6. The minimum absolute atomic E-state index is 0.000358. The molecule has 24 nitrogen and oxygen atoms in total. The number of carbonyl (C=O) groups excluding carboxylic acids is 3. The van der Waals surface area contributed by atoms with Crippen LogP contribution in [0.15, 0.2) is 22.6 Å². The maximum atomic E-state index is 13.3. The minimum Gasteiger partial charge on any atom is -0.726 e. The number of fused-ring (bicyclic) bond motifs is 1. The molecule has 1 fully saturated rings. The number of aliphatic carboxylic acids is 2. The molecule has 0 spiro atoms. The summed E-state index contributed by atoms with van der Waals surface area (Å²) in [5.41, 5.74) is 21.0. The van der Waals surface area contributed by atoms with Gasteiger partial charge in [-0.15, -0.1) is 21.1 Å². The molecule has 0 bridgehead atoms. The topological polar surface area (TPSA) is 391 Å². The molecule has 0 radical (unpaired) electrons. The fourth-order valence-electron chi connectivity index (χ4n) is 4.33. The standard InChI is InChI=1S/C24H32N12O8S2.H2O4S/c1-24(2,22(42)43)44-32-12(16-31-23(28)46-33-16)18(38)30-13-19(39)36-14(21(40)41)10(8-45-20(13)36)6-35-7-11(15(27)34(35)3)29-17(37)9(4-25)5-26;1-5(2,3)4/h7,9,13,20,27H,4-6,8,25-26H2,1-3H3,(H6,28,29,30,31,33,37,38,40,41,42,43);(H2,1,2,3,4)/b32-12-;/t13-,20-;/m1./s1. The smallest absolute Gasteiger partial charge is 0.352 e. The van der Waals surface area contributed by atoms with Crippen molar-refractivity contribution in [2.24, 2.45) is 29.6 Å². The summed E-state index contributed by atoms with van der Waals surface area (Å²) in [7, 11) is -3.31. The van der Waals surface area contributed by atoms with Crippen LogP contribution in [-0.4, -0.2) is 118 Å². The highest BCUT2D eigenvalue weighted by Gasteiger charge is 2.55. The molecule has 2 aromatic rings. The molecular weight excluding hydrogens is 745 g/mol. The van der Waals surface area contributed by atoms with Gasteiger partial charge in [0, 0.05) is 35.9 Å². The molecule has 2 aromatic heterocycles. The Morgan fingerprint density at radius 2 is 1.84 bits per heavy atom. The number of nitrogens with one attached hydrogen (secondary N) is 2. The highest BCUT2D eigenvalue weighted by atomic mass is 32.3. The number of carboxylic acid groups (broad SMARTS) is 2. The van der Waals surface area contributed by atoms with Crippen molar-refractivity contribution in [1.82, 2.24) is 24.3 Å². The van der Waals surface area contributed by atoms with E-state index >= 15 is 0 Å². The highest BCUT2D eigenvalue weighted by molar-refractivity contribution is 8.00. The molecule has 1 saturated heterocycles. The largest absolute Gasteiger partial charge is 0.726 e. The molecule has 27 heteroatoms. The average molecular weight is 779 g/mol. The number of nitrogens with zero attached hydrogens (tertiary/aromatic N) is 6. The van der Waals surface area contributed by atoms with Gasteiger partial charge < -0.3 is 53.2 Å². The quantitative estimate of drug-likeness (QED) is 0.0232. The lowest BCUT2D eigenvalue weighted by Gasteiger charge is -2.49. The number of anilines is 3. The van der Waals surface area contributed by atoms with Crippen LogP contribution in [-0.2, 0) is 52.8 Å². The van der Waals surface area contributed by atoms with Gasteiger partial charge in [-0.2, -0.15) is 9.36 Å². The number of nitrogens with two attached hydrogens (primary N) is 4. The number of oxime groups is 1. The summed E-state index contributed by atoms with van der Waals surface area (Å²) in [5, 5.41) is 27.5. The molecule has 4 heterocycles. The number of rotatable bonds is 13. The lowest BCUT2D eigenvalue weighted by atomic mass is 10.0. The van der Waals surface area contributed by atoms with Crippen molar-refractivity contribution < 1.29 is 61.2 Å². The van der Waals surface area contributed by atoms with E-state index in [4.69, 9.17) is 45.3 Å². The van der Waals surface area contributed by atoms with Crippen molar-refractivity contribution in [1.29, 1.82) is 0 Å². The van der Waals surface area contributed by atoms with E-state index in [1.165, 1.54) is 36.5 Å². The maximum Gasteiger partial charge on any atom is 0.352 e. The Bertz CT molecular complexity index is 1880. The second-order valence-electron chi connectivity index (χ2n) is 11.1. The Kier molecular flexibility index (Phi) is 12.7. The van der Waals surface area contributed by atoms with Crippen LogP contribution >= 0.6 is 23.3 Å². The van der Waals surface area contributed by atoms with E-state index in [2.05, 4.69) is 25.1 Å². The lowest BCUT2D eigenvalue weighted by molar-refractivity contribution is -0.765. The van der Waals surface area contributed by atoms with Gasteiger partial charge in [-0.05, 0) is 13.8 Å². The van der Waals surface area contributed by atoms with Crippen LogP contribution < -0.4 is 38.3 Å². The first-order valence-corrected chi connectivity index (χ1v) is 17.3. The zero-order valence-corrected chi connectivity index (χ0v) is 29.3. The predicted octanol–water partition coefficient (Wildman–Crippen LogP) is -4.17. The van der Waals surface area contributed by atoms with Crippen LogP contribution in [0.25, 0.3) is 0 Å². The molecule has 0 saturated carbocycles. The monoisotopic (exact) mass is 778 g/mol. The van der Waals surface area contributed by atoms with Gasteiger partial charge >= 0.3 is 11.9 Å². The molecule has 3 amide bonds. The van der Waals surface area contributed by atoms with Gasteiger partial charge in [0.2, 0.25) is 39.6 Å². The summed E-state index contributed by atoms with van der Waals surface area (Å²) in [4.78, 5) is 72.9. The first kappa shape index (κ1) is 40.5. The molecule has 0 aliphatic carbocycles. The predicted molar refractivity (Wildman–Crippen MR) is 176 cm³/mol. The number of carboxylic acids is 2. The van der Waals surface area contributed by atoms with E-state index in [1.54, 1.807) is 11.7 Å². The van der Waals surface area contributed by atoms with Crippen molar-refractivity contribution in [3.63, 3.8) is 0 Å². The number of aromatic nitrogens is 4. The van der Waals surface area contributed by atoms with Gasteiger partial charge in [-0.25, -0.2) is 18.0 Å². The summed E-state index contributed by atoms with van der Waals surface area (Å²) >= 11 is 1.96. The number of nitrogen functional groups attached to an aromatic ring is 2. The summed E-state index contributed by atoms with van der Waals surface area (Å²) in [6.07, 6.45) is 1.52. The van der Waals surface area contributed by atoms with Gasteiger partial charge in [0.05, 0.1) is 13.0 Å². The van der Waals surface area contributed by atoms with E-state index in [0.29, 0.717) is 5.57 Å². The van der Waals surface area contributed by atoms with Gasteiger partial charge in [0.15, 0.2) is 23.2 Å². The summed E-state index contributed by atoms with van der Waals surface area (Å²) in [5.74, 6) is -5.38. The van der Waals surface area contributed by atoms with E-state index < -0.39 is 68.7 Å². The summed E-state index contributed by atoms with van der Waals surface area (Å²) in [6.45, 7) is 2.49. The second-order valence-corrected chi connectivity index (χ2v) is 13.8. The third kappa shape index (κ3) is 9.65. The summed E-state index contributed by atoms with van der Waals surface area (Å²) in [6, 6.07) is -1.17. The molecule has 4 rings (SSSR count). The Morgan fingerprint density at radius 3 is 2.35 bits per heavy atom. The van der Waals surface area contributed by atoms with E-state index in [1.807, 2.05) is 0 Å². The fourth-order valence-corrected chi connectivity index (χ4v) is 6.10.